The van der Waals surface area contributed by atoms with Crippen LogP contribution < -0.4 is 14.8 Å². The molecule has 1 aromatic carbocycles. The number of aryl methyl sites for hydroxylation is 3. The fourth-order valence-electron chi connectivity index (χ4n) is 3.36. The molecule has 0 radical (unpaired) electrons. The Balaban J connectivity index is 1.79. The van der Waals surface area contributed by atoms with Crippen LogP contribution in [0.4, 0.5) is 0 Å². The molecule has 5 nitrogen and oxygen atoms in total. The van der Waals surface area contributed by atoms with E-state index in [-0.39, 0.29) is 11.9 Å². The molecule has 0 aliphatic rings. The number of ether oxygens (including phenoxy) is 2. The lowest BCUT2D eigenvalue weighted by Gasteiger charge is -2.18. The number of hydrogen-bond donors (Lipinski definition) is 1. The van der Waals surface area contributed by atoms with Crippen LogP contribution >= 0.6 is 22.7 Å². The van der Waals surface area contributed by atoms with Gasteiger partial charge in [-0.05, 0) is 52.0 Å². The molecule has 0 saturated heterocycles. The highest BCUT2D eigenvalue weighted by atomic mass is 32.1. The quantitative estimate of drug-likeness (QED) is 0.557. The lowest BCUT2D eigenvalue weighted by Crippen LogP contribution is -2.28. The molecule has 1 amide bonds. The minimum Gasteiger partial charge on any atom is -0.497 e. The molecule has 0 saturated carbocycles. The number of nitrogens with zero attached hydrogens (tertiary/aromatic N) is 1. The van der Waals surface area contributed by atoms with Gasteiger partial charge in [0.2, 0.25) is 5.91 Å². The van der Waals surface area contributed by atoms with Crippen molar-refractivity contribution in [3.05, 3.63) is 49.5 Å². The van der Waals surface area contributed by atoms with E-state index in [1.54, 1.807) is 36.9 Å². The Labute approximate surface area is 179 Å². The van der Waals surface area contributed by atoms with E-state index in [0.29, 0.717) is 6.42 Å². The molecule has 1 N–H and O–H groups in total. The Morgan fingerprint density at radius 3 is 2.52 bits per heavy atom. The molecule has 2 heterocycles. The minimum absolute atomic E-state index is 0.0446. The maximum absolute atomic E-state index is 12.8. The van der Waals surface area contributed by atoms with Gasteiger partial charge in [0.1, 0.15) is 11.5 Å². The van der Waals surface area contributed by atoms with Gasteiger partial charge in [0.25, 0.3) is 0 Å². The van der Waals surface area contributed by atoms with Crippen LogP contribution in [-0.4, -0.2) is 25.1 Å². The third-order valence-electron chi connectivity index (χ3n) is 4.70. The maximum Gasteiger partial charge on any atom is 0.225 e. The zero-order valence-corrected chi connectivity index (χ0v) is 19.2. The van der Waals surface area contributed by atoms with Gasteiger partial charge in [-0.2, -0.15) is 0 Å². The van der Waals surface area contributed by atoms with Crippen molar-refractivity contribution in [2.75, 3.05) is 14.2 Å². The highest BCUT2D eigenvalue weighted by molar-refractivity contribution is 7.13. The summed E-state index contributed by atoms with van der Waals surface area (Å²) in [5.41, 5.74) is 2.93. The molecule has 3 aromatic rings. The molecule has 0 spiro atoms. The van der Waals surface area contributed by atoms with Crippen molar-refractivity contribution >= 4 is 28.6 Å². The maximum atomic E-state index is 12.8. The van der Waals surface area contributed by atoms with E-state index in [9.17, 15) is 4.79 Å². The van der Waals surface area contributed by atoms with Crippen molar-refractivity contribution in [2.24, 2.45) is 0 Å². The van der Waals surface area contributed by atoms with Crippen LogP contribution in [0.3, 0.4) is 0 Å². The van der Waals surface area contributed by atoms with Gasteiger partial charge in [-0.3, -0.25) is 4.79 Å². The number of thiophene rings is 1. The second kappa shape index (κ2) is 8.97. The van der Waals surface area contributed by atoms with Gasteiger partial charge in [-0.25, -0.2) is 4.98 Å². The third kappa shape index (κ3) is 4.79. The molecule has 7 heteroatoms. The zero-order chi connectivity index (χ0) is 21.1. The highest BCUT2D eigenvalue weighted by Gasteiger charge is 2.20. The number of thiazole rings is 1. The predicted octanol–water partition coefficient (Wildman–Crippen LogP) is 5.23. The lowest BCUT2D eigenvalue weighted by atomic mass is 10.1. The summed E-state index contributed by atoms with van der Waals surface area (Å²) < 4.78 is 10.8. The summed E-state index contributed by atoms with van der Waals surface area (Å²) >= 11 is 3.33. The Bertz CT molecular complexity index is 1020. The lowest BCUT2D eigenvalue weighted by molar-refractivity contribution is -0.121. The minimum atomic E-state index is -0.213. The molecule has 0 bridgehead atoms. The van der Waals surface area contributed by atoms with Crippen LogP contribution in [0.15, 0.2) is 24.3 Å². The normalized spacial score (nSPS) is 11.9. The van der Waals surface area contributed by atoms with Crippen molar-refractivity contribution < 1.29 is 14.3 Å². The summed E-state index contributed by atoms with van der Waals surface area (Å²) in [6, 6.07) is 7.52. The Morgan fingerprint density at radius 2 is 1.90 bits per heavy atom. The first-order valence-electron chi connectivity index (χ1n) is 9.37. The van der Waals surface area contributed by atoms with Gasteiger partial charge in [0.05, 0.1) is 37.4 Å². The van der Waals surface area contributed by atoms with Gasteiger partial charge in [0, 0.05) is 25.8 Å². The number of benzene rings is 1. The Hall–Kier alpha value is -2.38. The summed E-state index contributed by atoms with van der Waals surface area (Å²) in [6.07, 6.45) is 0.297. The number of nitrogens with one attached hydrogen (secondary N) is 1. The predicted molar refractivity (Wildman–Crippen MR) is 119 cm³/mol. The molecule has 0 unspecified atom stereocenters. The second-order valence-electron chi connectivity index (χ2n) is 6.91. The van der Waals surface area contributed by atoms with Gasteiger partial charge in [-0.15, -0.1) is 22.7 Å². The van der Waals surface area contributed by atoms with E-state index < -0.39 is 0 Å². The van der Waals surface area contributed by atoms with Crippen molar-refractivity contribution in [1.82, 2.24) is 10.3 Å². The van der Waals surface area contributed by atoms with Crippen molar-refractivity contribution in [1.29, 1.82) is 0 Å². The summed E-state index contributed by atoms with van der Waals surface area (Å²) in [7, 11) is 3.24. The van der Waals surface area contributed by atoms with Crippen LogP contribution in [0.1, 0.15) is 38.2 Å². The zero-order valence-electron chi connectivity index (χ0n) is 17.6. The number of rotatable bonds is 7. The van der Waals surface area contributed by atoms with E-state index in [2.05, 4.69) is 25.2 Å². The first-order chi connectivity index (χ1) is 13.8. The molecule has 1 atom stereocenters. The largest absolute Gasteiger partial charge is 0.497 e. The molecule has 29 heavy (non-hydrogen) atoms. The van der Waals surface area contributed by atoms with E-state index in [0.717, 1.165) is 38.2 Å². The van der Waals surface area contributed by atoms with E-state index in [4.69, 9.17) is 14.5 Å². The summed E-state index contributed by atoms with van der Waals surface area (Å²) in [5, 5.41) is 4.05. The average Bonchev–Trinajstić information content (AvgIpc) is 3.21. The summed E-state index contributed by atoms with van der Waals surface area (Å²) in [4.78, 5) is 21.0. The first kappa shape index (κ1) is 21.3. The van der Waals surface area contributed by atoms with Crippen LogP contribution in [0.5, 0.6) is 11.5 Å². The number of methoxy groups -OCH3 is 2. The number of hydrogen-bond acceptors (Lipinski definition) is 6. The van der Waals surface area contributed by atoms with Crippen molar-refractivity contribution in [3.63, 3.8) is 0 Å². The van der Waals surface area contributed by atoms with Gasteiger partial charge in [-0.1, -0.05) is 0 Å². The molecule has 3 rings (SSSR count). The molecule has 0 aliphatic heterocycles. The SMILES string of the molecule is COc1ccc(OC)c([C@@H](C)NC(=O)Cc2sc(C)nc2-c2cc(C)sc2C)c1. The number of carbonyl (C=O) groups is 1. The van der Waals surface area contributed by atoms with Crippen molar-refractivity contribution in [3.8, 4) is 22.8 Å². The van der Waals surface area contributed by atoms with Crippen LogP contribution in [0.2, 0.25) is 0 Å². The van der Waals surface area contributed by atoms with Gasteiger partial charge < -0.3 is 14.8 Å². The monoisotopic (exact) mass is 430 g/mol. The van der Waals surface area contributed by atoms with E-state index in [1.165, 1.54) is 9.75 Å². The van der Waals surface area contributed by atoms with Gasteiger partial charge >= 0.3 is 0 Å². The van der Waals surface area contributed by atoms with E-state index >= 15 is 0 Å². The molecular formula is C22H26N2O3S2. The molecule has 0 aliphatic carbocycles. The first-order valence-corrected chi connectivity index (χ1v) is 11.0. The highest BCUT2D eigenvalue weighted by Crippen LogP contribution is 2.35. The Kier molecular flexibility index (Phi) is 6.59. The number of aromatic nitrogens is 1. The van der Waals surface area contributed by atoms with Crippen LogP contribution in [0, 0.1) is 20.8 Å². The molecule has 2 aromatic heterocycles. The van der Waals surface area contributed by atoms with Crippen molar-refractivity contribution in [2.45, 2.75) is 40.2 Å². The molecule has 0 fully saturated rings. The van der Waals surface area contributed by atoms with Crippen LogP contribution in [0.25, 0.3) is 11.3 Å². The standard InChI is InChI=1S/C22H26N2O3S2/c1-12-9-18(14(3)28-12)22-20(29-15(4)24-22)11-21(25)23-13(2)17-10-16(26-5)7-8-19(17)27-6/h7-10,13H,11H2,1-6H3,(H,23,25)/t13-/m1/s1. The Morgan fingerprint density at radius 1 is 1.14 bits per heavy atom. The average molecular weight is 431 g/mol. The second-order valence-corrected chi connectivity index (χ2v) is 9.65. The smallest absolute Gasteiger partial charge is 0.225 e. The molecule has 154 valence electrons. The fourth-order valence-corrected chi connectivity index (χ4v) is 5.23. The van der Waals surface area contributed by atoms with Gasteiger partial charge in [0.15, 0.2) is 0 Å². The third-order valence-corrected chi connectivity index (χ3v) is 6.64. The summed E-state index contributed by atoms with van der Waals surface area (Å²) in [5.74, 6) is 1.40. The number of amides is 1. The summed E-state index contributed by atoms with van der Waals surface area (Å²) in [6.45, 7) is 8.12. The topological polar surface area (TPSA) is 60.5 Å². The number of carbonyl (C=O) groups excluding carboxylic acids is 1. The molecular weight excluding hydrogens is 404 g/mol. The van der Waals surface area contributed by atoms with E-state index in [1.807, 2.05) is 32.0 Å². The fraction of sp³-hybridized carbons (Fsp3) is 0.364. The van der Waals surface area contributed by atoms with Crippen LogP contribution in [-0.2, 0) is 11.2 Å².